The van der Waals surface area contributed by atoms with Gasteiger partial charge >= 0.3 is 0 Å². The molecule has 4 nitrogen and oxygen atoms in total. The van der Waals surface area contributed by atoms with Gasteiger partial charge in [0, 0.05) is 12.7 Å². The number of hydrogen-bond donors (Lipinski definition) is 0. The first-order valence-electron chi connectivity index (χ1n) is 3.81. The van der Waals surface area contributed by atoms with Crippen molar-refractivity contribution in [2.75, 3.05) is 0 Å². The largest absolute Gasteiger partial charge is 0.335 e. The van der Waals surface area contributed by atoms with Crippen LogP contribution in [0.1, 0.15) is 11.5 Å². The summed E-state index contributed by atoms with van der Waals surface area (Å²) in [6, 6.07) is 0. The van der Waals surface area contributed by atoms with Crippen molar-refractivity contribution < 1.29 is 0 Å². The number of fused-ring (bicyclic) bond motifs is 1. The van der Waals surface area contributed by atoms with E-state index in [1.54, 1.807) is 6.33 Å². The van der Waals surface area contributed by atoms with Crippen LogP contribution < -0.4 is 0 Å². The number of imidazole rings is 1. The van der Waals surface area contributed by atoms with E-state index in [0.717, 1.165) is 23.0 Å². The molecule has 12 heavy (non-hydrogen) atoms. The minimum Gasteiger partial charge on any atom is -0.335 e. The van der Waals surface area contributed by atoms with Crippen LogP contribution in [0.15, 0.2) is 6.33 Å². The lowest BCUT2D eigenvalue weighted by atomic mass is 10.3. The summed E-state index contributed by atoms with van der Waals surface area (Å²) < 4.78 is 2.01. The molecule has 0 bridgehead atoms. The fourth-order valence-electron chi connectivity index (χ4n) is 1.23. The lowest BCUT2D eigenvalue weighted by Crippen LogP contribution is -2.07. The van der Waals surface area contributed by atoms with Crippen molar-refractivity contribution in [1.82, 2.24) is 19.5 Å². The topological polar surface area (TPSA) is 43.6 Å². The van der Waals surface area contributed by atoms with E-state index in [0.29, 0.717) is 0 Å². The third-order valence-electron chi connectivity index (χ3n) is 2.18. The highest BCUT2D eigenvalue weighted by molar-refractivity contribution is 5.53. The molecule has 4 heteroatoms. The number of aromatic nitrogens is 4. The Morgan fingerprint density at radius 1 is 1.25 bits per heavy atom. The average Bonchev–Trinajstić information content (AvgIpc) is 2.48. The summed E-state index contributed by atoms with van der Waals surface area (Å²) in [5, 5.41) is 0. The molecular formula is C8H10N4. The van der Waals surface area contributed by atoms with Gasteiger partial charge in [0.2, 0.25) is 0 Å². The highest BCUT2D eigenvalue weighted by atomic mass is 15.1. The van der Waals surface area contributed by atoms with Crippen LogP contribution in [-0.4, -0.2) is 19.5 Å². The molecule has 0 N–H and O–H groups in total. The van der Waals surface area contributed by atoms with Gasteiger partial charge in [-0.3, -0.25) is 0 Å². The zero-order valence-electron chi connectivity index (χ0n) is 7.37. The summed E-state index contributed by atoms with van der Waals surface area (Å²) >= 11 is 0. The molecule has 0 radical (unpaired) electrons. The summed E-state index contributed by atoms with van der Waals surface area (Å²) in [6.45, 7) is 3.98. The van der Waals surface area contributed by atoms with Gasteiger partial charge < -0.3 is 4.57 Å². The molecule has 0 amide bonds. The molecule has 0 aliphatic carbocycles. The molecule has 0 unspecified atom stereocenters. The minimum atomic E-state index is 0.739. The number of rotatable bonds is 0. The zero-order valence-corrected chi connectivity index (χ0v) is 7.37. The maximum atomic E-state index is 4.29. The van der Waals surface area contributed by atoms with E-state index < -0.39 is 0 Å². The van der Waals surface area contributed by atoms with E-state index in [1.807, 2.05) is 25.5 Å². The Labute approximate surface area is 70.6 Å². The Balaban J connectivity index is 2.85. The molecule has 0 aromatic rings. The maximum absolute atomic E-state index is 4.29. The molecular weight excluding hydrogens is 152 g/mol. The monoisotopic (exact) mass is 162 g/mol. The minimum absolute atomic E-state index is 0.739. The first kappa shape index (κ1) is 7.21. The molecule has 0 atom stereocenters. The number of aryl methyl sites for hydroxylation is 1. The molecule has 0 aromatic heterocycles. The van der Waals surface area contributed by atoms with Gasteiger partial charge in [0.25, 0.3) is 0 Å². The van der Waals surface area contributed by atoms with Gasteiger partial charge in [0.05, 0.1) is 0 Å². The summed E-state index contributed by atoms with van der Waals surface area (Å²) in [5.41, 5.74) is 2.00. The van der Waals surface area contributed by atoms with Gasteiger partial charge in [0.1, 0.15) is 17.8 Å². The van der Waals surface area contributed by atoms with E-state index in [1.165, 1.54) is 0 Å². The molecule has 2 heterocycles. The van der Waals surface area contributed by atoms with Crippen molar-refractivity contribution >= 4 is 0 Å². The van der Waals surface area contributed by atoms with Gasteiger partial charge in [-0.1, -0.05) is 0 Å². The first-order chi connectivity index (χ1) is 5.70. The number of nitrogens with zero attached hydrogens (tertiary/aromatic N) is 4. The van der Waals surface area contributed by atoms with Gasteiger partial charge in [-0.2, -0.15) is 0 Å². The Bertz CT molecular complexity index is 391. The lowest BCUT2D eigenvalue weighted by Gasteiger charge is -2.10. The van der Waals surface area contributed by atoms with Crippen molar-refractivity contribution in [2.45, 2.75) is 13.8 Å². The Hall–Kier alpha value is -1.45. The van der Waals surface area contributed by atoms with Crippen LogP contribution in [0.2, 0.25) is 0 Å². The van der Waals surface area contributed by atoms with Crippen LogP contribution in [0.4, 0.5) is 0 Å². The van der Waals surface area contributed by atoms with E-state index in [9.17, 15) is 0 Å². The number of hydrogen-bond acceptors (Lipinski definition) is 3. The van der Waals surface area contributed by atoms with Gasteiger partial charge in [0.15, 0.2) is 5.82 Å². The first-order valence-corrected chi connectivity index (χ1v) is 3.81. The normalized spacial score (nSPS) is 10.9. The predicted molar refractivity (Wildman–Crippen MR) is 44.9 cm³/mol. The van der Waals surface area contributed by atoms with Crippen LogP contribution in [0.25, 0.3) is 11.5 Å². The van der Waals surface area contributed by atoms with E-state index in [-0.39, 0.29) is 0 Å². The Kier molecular flexibility index (Phi) is 1.36. The second kappa shape index (κ2) is 2.27. The second-order valence-corrected chi connectivity index (χ2v) is 2.85. The fourth-order valence-corrected chi connectivity index (χ4v) is 1.23. The average molecular weight is 162 g/mol. The van der Waals surface area contributed by atoms with Crippen molar-refractivity contribution in [3.8, 4) is 11.5 Å². The highest BCUT2D eigenvalue weighted by Gasteiger charge is 2.12. The molecule has 0 saturated carbocycles. The third-order valence-corrected chi connectivity index (χ3v) is 2.18. The molecule has 0 spiro atoms. The summed E-state index contributed by atoms with van der Waals surface area (Å²) in [5.74, 6) is 1.70. The molecule has 0 saturated heterocycles. The van der Waals surface area contributed by atoms with Crippen LogP contribution >= 0.6 is 0 Å². The standard InChI is InChI=1S/C8H10N4/c1-5-7-8(10-4-9-7)11-6(2)12(5)3/h4H,1-3H3. The van der Waals surface area contributed by atoms with Crippen molar-refractivity contribution in [3.05, 3.63) is 17.8 Å². The molecule has 62 valence electrons. The summed E-state index contributed by atoms with van der Waals surface area (Å²) in [6.07, 6.45) is 1.55. The van der Waals surface area contributed by atoms with Crippen molar-refractivity contribution in [2.24, 2.45) is 7.05 Å². The van der Waals surface area contributed by atoms with E-state index in [4.69, 9.17) is 0 Å². The van der Waals surface area contributed by atoms with Crippen molar-refractivity contribution in [1.29, 1.82) is 0 Å². The van der Waals surface area contributed by atoms with Crippen LogP contribution in [0, 0.1) is 13.8 Å². The molecule has 0 aromatic carbocycles. The molecule has 2 aliphatic rings. The van der Waals surface area contributed by atoms with Crippen LogP contribution in [0.5, 0.6) is 0 Å². The smallest absolute Gasteiger partial charge is 0.183 e. The quantitative estimate of drug-likeness (QED) is 0.578. The fraction of sp³-hybridized carbons (Fsp3) is 0.375. The Morgan fingerprint density at radius 3 is 2.75 bits per heavy atom. The highest BCUT2D eigenvalue weighted by Crippen LogP contribution is 2.18. The summed E-state index contributed by atoms with van der Waals surface area (Å²) in [4.78, 5) is 12.5. The van der Waals surface area contributed by atoms with E-state index in [2.05, 4.69) is 15.0 Å². The zero-order chi connectivity index (χ0) is 8.72. The van der Waals surface area contributed by atoms with Crippen molar-refractivity contribution in [3.63, 3.8) is 0 Å². The molecule has 2 aliphatic heterocycles. The Morgan fingerprint density at radius 2 is 2.00 bits per heavy atom. The van der Waals surface area contributed by atoms with Gasteiger partial charge in [-0.25, -0.2) is 15.0 Å². The molecule has 0 fully saturated rings. The lowest BCUT2D eigenvalue weighted by molar-refractivity contribution is 0.770. The second-order valence-electron chi connectivity index (χ2n) is 2.85. The molecule has 2 rings (SSSR count). The summed E-state index contributed by atoms with van der Waals surface area (Å²) in [7, 11) is 1.98. The third kappa shape index (κ3) is 0.809. The predicted octanol–water partition coefficient (Wildman–Crippen LogP) is 0.932. The van der Waals surface area contributed by atoms with Gasteiger partial charge in [-0.05, 0) is 13.8 Å². The van der Waals surface area contributed by atoms with Gasteiger partial charge in [-0.15, -0.1) is 0 Å². The SMILES string of the molecule is Cc1nc2ncnc-2c(C)n1C. The van der Waals surface area contributed by atoms with Crippen LogP contribution in [0.3, 0.4) is 0 Å². The van der Waals surface area contributed by atoms with Crippen LogP contribution in [-0.2, 0) is 7.05 Å². The maximum Gasteiger partial charge on any atom is 0.183 e. The van der Waals surface area contributed by atoms with E-state index >= 15 is 0 Å².